The lowest BCUT2D eigenvalue weighted by Crippen LogP contribution is -2.25. The Kier molecular flexibility index (Phi) is 6.91. The number of aromatic nitrogens is 2. The van der Waals surface area contributed by atoms with Crippen LogP contribution >= 0.6 is 0 Å². The minimum absolute atomic E-state index is 0.00539. The predicted molar refractivity (Wildman–Crippen MR) is 127 cm³/mol. The van der Waals surface area contributed by atoms with E-state index in [4.69, 9.17) is 4.74 Å². The molecule has 0 radical (unpaired) electrons. The zero-order chi connectivity index (χ0) is 25.0. The molecule has 0 aliphatic carbocycles. The molecule has 0 aliphatic rings. The van der Waals surface area contributed by atoms with Crippen LogP contribution in [0.15, 0.2) is 89.7 Å². The van der Waals surface area contributed by atoms with Gasteiger partial charge in [-0.15, -0.1) is 0 Å². The molecule has 0 saturated carbocycles. The van der Waals surface area contributed by atoms with Gasteiger partial charge in [-0.05, 0) is 42.7 Å². The van der Waals surface area contributed by atoms with E-state index in [0.717, 1.165) is 17.7 Å². The Morgan fingerprint density at radius 2 is 1.49 bits per heavy atom. The second-order valence-electron chi connectivity index (χ2n) is 7.96. The van der Waals surface area contributed by atoms with Crippen molar-refractivity contribution in [1.82, 2.24) is 9.13 Å². The maximum Gasteiger partial charge on any atom is 0.416 e. The fourth-order valence-electron chi connectivity index (χ4n) is 4.04. The fourth-order valence-corrected chi connectivity index (χ4v) is 4.04. The van der Waals surface area contributed by atoms with Crippen molar-refractivity contribution in [2.45, 2.75) is 25.6 Å². The van der Waals surface area contributed by atoms with Gasteiger partial charge >= 0.3 is 17.8 Å². The van der Waals surface area contributed by atoms with Crippen LogP contribution in [0.5, 0.6) is 0 Å². The first kappa shape index (κ1) is 24.1. The van der Waals surface area contributed by atoms with Gasteiger partial charge in [0.2, 0.25) is 0 Å². The number of carbonyl (C=O) groups excluding carboxylic acids is 1. The van der Waals surface area contributed by atoms with E-state index in [-0.39, 0.29) is 17.9 Å². The third-order valence-electron chi connectivity index (χ3n) is 5.71. The summed E-state index contributed by atoms with van der Waals surface area (Å²) in [5.74, 6) is -0.744. The topological polar surface area (TPSA) is 53.2 Å². The number of rotatable bonds is 7. The molecule has 0 bridgehead atoms. The number of para-hydroxylation sites is 1. The van der Waals surface area contributed by atoms with E-state index in [1.165, 1.54) is 28.4 Å². The van der Waals surface area contributed by atoms with Gasteiger partial charge < -0.3 is 4.74 Å². The molecule has 0 spiro atoms. The molecule has 1 aromatic heterocycles. The number of carbonyl (C=O) groups is 1. The molecule has 0 amide bonds. The molecule has 4 rings (SSSR count). The number of ether oxygens (including phenoxy) is 1. The monoisotopic (exact) mass is 480 g/mol. The Bertz CT molecular complexity index is 1360. The van der Waals surface area contributed by atoms with Crippen LogP contribution in [-0.2, 0) is 23.9 Å². The zero-order valence-corrected chi connectivity index (χ0v) is 19.0. The molecule has 0 atom stereocenters. The lowest BCUT2D eigenvalue weighted by molar-refractivity contribution is -0.137. The van der Waals surface area contributed by atoms with Gasteiger partial charge in [-0.1, -0.05) is 60.7 Å². The quantitative estimate of drug-likeness (QED) is 0.317. The van der Waals surface area contributed by atoms with E-state index < -0.39 is 23.4 Å². The van der Waals surface area contributed by atoms with Crippen LogP contribution in [0, 0.1) is 0 Å². The first-order chi connectivity index (χ1) is 16.8. The Balaban J connectivity index is 1.86. The van der Waals surface area contributed by atoms with Crippen LogP contribution < -0.4 is 5.69 Å². The summed E-state index contributed by atoms with van der Waals surface area (Å²) >= 11 is 0. The number of hydrogen-bond acceptors (Lipinski definition) is 3. The van der Waals surface area contributed by atoms with Gasteiger partial charge in [-0.3, -0.25) is 9.13 Å². The highest BCUT2D eigenvalue weighted by molar-refractivity contribution is 5.95. The molecule has 3 aromatic carbocycles. The summed E-state index contributed by atoms with van der Waals surface area (Å²) in [5.41, 5.74) is 0.748. The summed E-state index contributed by atoms with van der Waals surface area (Å²) < 4.78 is 47.1. The standard InChI is InChI=1S/C27H23F3N2O3/c1-35-25(33)24-23(20-14-16-21(17-15-20)27(28,29)30)32(22-12-6-3-7-13-22)26(34)31(24)18-8-11-19-9-4-2-5-10-19/h2-7,9-10,12-17H,8,11,18H2,1H3. The second kappa shape index (κ2) is 10.0. The molecule has 180 valence electrons. The van der Waals surface area contributed by atoms with E-state index in [1.54, 1.807) is 30.3 Å². The highest BCUT2D eigenvalue weighted by atomic mass is 19.4. The largest absolute Gasteiger partial charge is 0.464 e. The molecule has 35 heavy (non-hydrogen) atoms. The summed E-state index contributed by atoms with van der Waals surface area (Å²) in [4.78, 5) is 26.5. The third-order valence-corrected chi connectivity index (χ3v) is 5.71. The number of halogens is 3. The summed E-state index contributed by atoms with van der Waals surface area (Å²) in [5, 5.41) is 0. The van der Waals surface area contributed by atoms with Gasteiger partial charge in [-0.2, -0.15) is 13.2 Å². The van der Waals surface area contributed by atoms with E-state index >= 15 is 0 Å². The van der Waals surface area contributed by atoms with Crippen molar-refractivity contribution in [3.63, 3.8) is 0 Å². The van der Waals surface area contributed by atoms with E-state index in [2.05, 4.69) is 0 Å². The van der Waals surface area contributed by atoms with Gasteiger partial charge in [0, 0.05) is 12.1 Å². The Labute approximate surface area is 200 Å². The van der Waals surface area contributed by atoms with Crippen molar-refractivity contribution in [3.05, 3.63) is 112 Å². The molecule has 1 heterocycles. The third kappa shape index (κ3) is 5.06. The number of methoxy groups -OCH3 is 1. The first-order valence-electron chi connectivity index (χ1n) is 11.0. The highest BCUT2D eigenvalue weighted by Gasteiger charge is 2.31. The number of nitrogens with zero attached hydrogens (tertiary/aromatic N) is 2. The molecule has 0 fully saturated rings. The lowest BCUT2D eigenvalue weighted by Gasteiger charge is -2.12. The van der Waals surface area contributed by atoms with E-state index in [1.807, 2.05) is 30.3 Å². The minimum atomic E-state index is -4.51. The smallest absolute Gasteiger partial charge is 0.416 e. The summed E-state index contributed by atoms with van der Waals surface area (Å²) in [6.45, 7) is 0.228. The Morgan fingerprint density at radius 3 is 2.06 bits per heavy atom. The van der Waals surface area contributed by atoms with Crippen LogP contribution in [0.3, 0.4) is 0 Å². The second-order valence-corrected chi connectivity index (χ2v) is 7.96. The average molecular weight is 480 g/mol. The summed E-state index contributed by atoms with van der Waals surface area (Å²) in [7, 11) is 1.21. The SMILES string of the molecule is COC(=O)c1c(-c2ccc(C(F)(F)F)cc2)n(-c2ccccc2)c(=O)n1CCCc1ccccc1. The Hall–Kier alpha value is -4.07. The van der Waals surface area contributed by atoms with Crippen LogP contribution in [0.25, 0.3) is 16.9 Å². The summed E-state index contributed by atoms with van der Waals surface area (Å²) in [6, 6.07) is 22.8. The number of benzene rings is 3. The van der Waals surface area contributed by atoms with Crippen molar-refractivity contribution in [2.24, 2.45) is 0 Å². The predicted octanol–water partition coefficient (Wildman–Crippen LogP) is 5.74. The van der Waals surface area contributed by atoms with Gasteiger partial charge in [0.05, 0.1) is 24.1 Å². The minimum Gasteiger partial charge on any atom is -0.464 e. The zero-order valence-electron chi connectivity index (χ0n) is 19.0. The summed E-state index contributed by atoms with van der Waals surface area (Å²) in [6.07, 6.45) is -3.26. The molecule has 8 heteroatoms. The normalized spacial score (nSPS) is 11.4. The number of esters is 1. The van der Waals surface area contributed by atoms with Crippen LogP contribution in [0.4, 0.5) is 13.2 Å². The lowest BCUT2D eigenvalue weighted by atomic mass is 10.1. The molecule has 0 aliphatic heterocycles. The average Bonchev–Trinajstić information content (AvgIpc) is 3.16. The molecule has 0 saturated heterocycles. The molecule has 0 N–H and O–H groups in total. The number of hydrogen-bond donors (Lipinski definition) is 0. The molecule has 5 nitrogen and oxygen atoms in total. The van der Waals surface area contributed by atoms with Crippen molar-refractivity contribution < 1.29 is 22.7 Å². The van der Waals surface area contributed by atoms with Crippen molar-refractivity contribution >= 4 is 5.97 Å². The number of imidazole rings is 1. The molecule has 0 unspecified atom stereocenters. The van der Waals surface area contributed by atoms with Crippen LogP contribution in [-0.4, -0.2) is 22.2 Å². The van der Waals surface area contributed by atoms with Gasteiger partial charge in [0.1, 0.15) is 0 Å². The molecule has 4 aromatic rings. The van der Waals surface area contributed by atoms with Gasteiger partial charge in [0.25, 0.3) is 0 Å². The highest BCUT2D eigenvalue weighted by Crippen LogP contribution is 2.33. The first-order valence-corrected chi connectivity index (χ1v) is 11.0. The molecular weight excluding hydrogens is 457 g/mol. The van der Waals surface area contributed by atoms with Crippen molar-refractivity contribution in [2.75, 3.05) is 7.11 Å². The van der Waals surface area contributed by atoms with Crippen molar-refractivity contribution in [3.8, 4) is 16.9 Å². The maximum absolute atomic E-state index is 13.6. The number of aryl methyl sites for hydroxylation is 1. The Morgan fingerprint density at radius 1 is 0.886 bits per heavy atom. The van der Waals surface area contributed by atoms with Crippen LogP contribution in [0.1, 0.15) is 28.0 Å². The molecular formula is C27H23F3N2O3. The van der Waals surface area contributed by atoms with E-state index in [9.17, 15) is 22.8 Å². The fraction of sp³-hybridized carbons (Fsp3) is 0.185. The number of alkyl halides is 3. The van der Waals surface area contributed by atoms with E-state index in [0.29, 0.717) is 24.1 Å². The van der Waals surface area contributed by atoms with Gasteiger partial charge in [0.15, 0.2) is 5.69 Å². The van der Waals surface area contributed by atoms with Crippen LogP contribution in [0.2, 0.25) is 0 Å². The van der Waals surface area contributed by atoms with Gasteiger partial charge in [-0.25, -0.2) is 9.59 Å². The maximum atomic E-state index is 13.6. The van der Waals surface area contributed by atoms with Crippen molar-refractivity contribution in [1.29, 1.82) is 0 Å².